The van der Waals surface area contributed by atoms with Gasteiger partial charge in [0.05, 0.1) is 5.02 Å². The molecule has 132 valence electrons. The standard InChI is InChI=1S/C19H20ClFN2O2/c20-17-12-14(21)4-9-18(17)25-13-19(24)22-15-5-7-16(8-6-15)23-10-2-1-3-11-23/h4-9,12H,1-3,10-11,13H2,(H,22,24). The molecule has 2 aromatic rings. The third kappa shape index (κ3) is 4.86. The smallest absolute Gasteiger partial charge is 0.262 e. The Bertz CT molecular complexity index is 731. The van der Waals surface area contributed by atoms with Gasteiger partial charge in [0.1, 0.15) is 11.6 Å². The highest BCUT2D eigenvalue weighted by atomic mass is 35.5. The molecule has 25 heavy (non-hydrogen) atoms. The van der Waals surface area contributed by atoms with Crippen molar-refractivity contribution in [2.75, 3.05) is 29.9 Å². The summed E-state index contributed by atoms with van der Waals surface area (Å²) in [6.07, 6.45) is 3.74. The minimum Gasteiger partial charge on any atom is -0.482 e. The first-order chi connectivity index (χ1) is 12.1. The second kappa shape index (κ2) is 8.21. The van der Waals surface area contributed by atoms with Crippen molar-refractivity contribution in [1.82, 2.24) is 0 Å². The number of ether oxygens (including phenoxy) is 1. The first kappa shape index (κ1) is 17.5. The van der Waals surface area contributed by atoms with Crippen molar-refractivity contribution in [2.24, 2.45) is 0 Å². The van der Waals surface area contributed by atoms with Gasteiger partial charge >= 0.3 is 0 Å². The van der Waals surface area contributed by atoms with Gasteiger partial charge in [-0.15, -0.1) is 0 Å². The molecule has 0 spiro atoms. The Morgan fingerprint density at radius 3 is 2.52 bits per heavy atom. The fourth-order valence-electron chi connectivity index (χ4n) is 2.84. The zero-order valence-electron chi connectivity index (χ0n) is 13.8. The molecule has 4 nitrogen and oxygen atoms in total. The average molecular weight is 363 g/mol. The van der Waals surface area contributed by atoms with E-state index in [9.17, 15) is 9.18 Å². The van der Waals surface area contributed by atoms with Gasteiger partial charge in [0.15, 0.2) is 6.61 Å². The monoisotopic (exact) mass is 362 g/mol. The maximum Gasteiger partial charge on any atom is 0.262 e. The normalized spacial score (nSPS) is 14.2. The summed E-state index contributed by atoms with van der Waals surface area (Å²) < 4.78 is 18.3. The number of amides is 1. The minimum absolute atomic E-state index is 0.138. The predicted molar refractivity (Wildman–Crippen MR) is 98.0 cm³/mol. The highest BCUT2D eigenvalue weighted by Crippen LogP contribution is 2.25. The highest BCUT2D eigenvalue weighted by Gasteiger charge is 2.11. The first-order valence-electron chi connectivity index (χ1n) is 8.34. The first-order valence-corrected chi connectivity index (χ1v) is 8.72. The summed E-state index contributed by atoms with van der Waals surface area (Å²) in [5.74, 6) is -0.472. The van der Waals surface area contributed by atoms with Gasteiger partial charge in [-0.2, -0.15) is 0 Å². The molecule has 0 unspecified atom stereocenters. The molecule has 0 aromatic heterocycles. The number of benzene rings is 2. The largest absolute Gasteiger partial charge is 0.482 e. The lowest BCUT2D eigenvalue weighted by Crippen LogP contribution is -2.29. The van der Waals surface area contributed by atoms with Crippen LogP contribution in [-0.2, 0) is 4.79 Å². The molecule has 0 aliphatic carbocycles. The molecule has 2 aromatic carbocycles. The van der Waals surface area contributed by atoms with Gasteiger partial charge in [0.2, 0.25) is 0 Å². The van der Waals surface area contributed by atoms with Gasteiger partial charge in [0.25, 0.3) is 5.91 Å². The van der Waals surface area contributed by atoms with E-state index in [0.29, 0.717) is 5.69 Å². The molecule has 1 aliphatic rings. The molecule has 6 heteroatoms. The van der Waals surface area contributed by atoms with Crippen LogP contribution in [0.2, 0.25) is 5.02 Å². The number of carbonyl (C=O) groups is 1. The minimum atomic E-state index is -0.449. The number of hydrogen-bond acceptors (Lipinski definition) is 3. The average Bonchev–Trinajstić information content (AvgIpc) is 2.62. The molecule has 1 saturated heterocycles. The molecule has 1 fully saturated rings. The quantitative estimate of drug-likeness (QED) is 0.852. The lowest BCUT2D eigenvalue weighted by atomic mass is 10.1. The Morgan fingerprint density at radius 2 is 1.84 bits per heavy atom. The number of anilines is 2. The number of nitrogens with zero attached hydrogens (tertiary/aromatic N) is 1. The van der Waals surface area contributed by atoms with Crippen molar-refractivity contribution in [3.8, 4) is 5.75 Å². The Balaban J connectivity index is 1.52. The number of rotatable bonds is 5. The van der Waals surface area contributed by atoms with Crippen LogP contribution in [-0.4, -0.2) is 25.6 Å². The predicted octanol–water partition coefficient (Wildman–Crippen LogP) is 4.49. The Hall–Kier alpha value is -2.27. The van der Waals surface area contributed by atoms with E-state index in [-0.39, 0.29) is 23.3 Å². The zero-order chi connectivity index (χ0) is 17.6. The van der Waals surface area contributed by atoms with Gasteiger partial charge in [-0.25, -0.2) is 4.39 Å². The van der Waals surface area contributed by atoms with Crippen LogP contribution >= 0.6 is 11.6 Å². The summed E-state index contributed by atoms with van der Waals surface area (Å²) >= 11 is 5.86. The van der Waals surface area contributed by atoms with Gasteiger partial charge in [-0.3, -0.25) is 4.79 Å². The van der Waals surface area contributed by atoms with Crippen molar-refractivity contribution in [2.45, 2.75) is 19.3 Å². The third-order valence-corrected chi connectivity index (χ3v) is 4.42. The molecule has 1 amide bonds. The summed E-state index contributed by atoms with van der Waals surface area (Å²) in [6, 6.07) is 11.6. The van der Waals surface area contributed by atoms with E-state index >= 15 is 0 Å². The second-order valence-corrected chi connectivity index (χ2v) is 6.41. The summed E-state index contributed by atoms with van der Waals surface area (Å²) in [6.45, 7) is 1.97. The summed E-state index contributed by atoms with van der Waals surface area (Å²) in [5.41, 5.74) is 1.88. The van der Waals surface area contributed by atoms with Crippen LogP contribution in [0.25, 0.3) is 0 Å². The molecular weight excluding hydrogens is 343 g/mol. The molecule has 0 saturated carbocycles. The Kier molecular flexibility index (Phi) is 5.76. The van der Waals surface area contributed by atoms with Crippen LogP contribution in [0.4, 0.5) is 15.8 Å². The highest BCUT2D eigenvalue weighted by molar-refractivity contribution is 6.32. The molecule has 1 N–H and O–H groups in total. The van der Waals surface area contributed by atoms with E-state index < -0.39 is 5.82 Å². The lowest BCUT2D eigenvalue weighted by Gasteiger charge is -2.28. The van der Waals surface area contributed by atoms with Gasteiger partial charge in [-0.05, 0) is 61.7 Å². The van der Waals surface area contributed by atoms with E-state index in [2.05, 4.69) is 10.2 Å². The summed E-state index contributed by atoms with van der Waals surface area (Å²) in [7, 11) is 0. The SMILES string of the molecule is O=C(COc1ccc(F)cc1Cl)Nc1ccc(N2CCCCC2)cc1. The zero-order valence-corrected chi connectivity index (χ0v) is 14.6. The third-order valence-electron chi connectivity index (χ3n) is 4.12. The molecule has 1 heterocycles. The van der Waals surface area contributed by atoms with Crippen molar-refractivity contribution in [3.63, 3.8) is 0 Å². The number of piperidine rings is 1. The fourth-order valence-corrected chi connectivity index (χ4v) is 3.06. The van der Waals surface area contributed by atoms with E-state index in [0.717, 1.165) is 19.2 Å². The lowest BCUT2D eigenvalue weighted by molar-refractivity contribution is -0.118. The van der Waals surface area contributed by atoms with Crippen LogP contribution in [0.5, 0.6) is 5.75 Å². The molecule has 0 radical (unpaired) electrons. The fraction of sp³-hybridized carbons (Fsp3) is 0.316. The summed E-state index contributed by atoms with van der Waals surface area (Å²) in [4.78, 5) is 14.3. The Morgan fingerprint density at radius 1 is 1.12 bits per heavy atom. The van der Waals surface area contributed by atoms with Crippen LogP contribution in [0, 0.1) is 5.82 Å². The molecular formula is C19H20ClFN2O2. The van der Waals surface area contributed by atoms with E-state index in [1.165, 1.54) is 37.1 Å². The molecule has 3 rings (SSSR count). The topological polar surface area (TPSA) is 41.6 Å². The number of carbonyl (C=O) groups excluding carboxylic acids is 1. The number of nitrogens with one attached hydrogen (secondary N) is 1. The summed E-state index contributed by atoms with van der Waals surface area (Å²) in [5, 5.41) is 2.91. The van der Waals surface area contributed by atoms with E-state index in [4.69, 9.17) is 16.3 Å². The maximum absolute atomic E-state index is 13.0. The van der Waals surface area contributed by atoms with Crippen molar-refractivity contribution in [1.29, 1.82) is 0 Å². The second-order valence-electron chi connectivity index (χ2n) is 6.01. The van der Waals surface area contributed by atoms with Crippen molar-refractivity contribution < 1.29 is 13.9 Å². The van der Waals surface area contributed by atoms with Crippen LogP contribution < -0.4 is 15.0 Å². The van der Waals surface area contributed by atoms with Gasteiger partial charge in [0, 0.05) is 24.5 Å². The Labute approximate surface area is 151 Å². The number of halogens is 2. The maximum atomic E-state index is 13.0. The van der Waals surface area contributed by atoms with Crippen LogP contribution in [0.15, 0.2) is 42.5 Å². The van der Waals surface area contributed by atoms with E-state index in [1.54, 1.807) is 0 Å². The van der Waals surface area contributed by atoms with E-state index in [1.807, 2.05) is 24.3 Å². The van der Waals surface area contributed by atoms with Gasteiger partial charge in [-0.1, -0.05) is 11.6 Å². The van der Waals surface area contributed by atoms with Crippen molar-refractivity contribution >= 4 is 28.9 Å². The molecule has 0 atom stereocenters. The number of hydrogen-bond donors (Lipinski definition) is 1. The van der Waals surface area contributed by atoms with Crippen molar-refractivity contribution in [3.05, 3.63) is 53.3 Å². The molecule has 0 bridgehead atoms. The van der Waals surface area contributed by atoms with Crippen LogP contribution in [0.1, 0.15) is 19.3 Å². The van der Waals surface area contributed by atoms with Gasteiger partial charge < -0.3 is 15.0 Å². The molecule has 1 aliphatic heterocycles. The van der Waals surface area contributed by atoms with Crippen LogP contribution in [0.3, 0.4) is 0 Å².